The zero-order valence-electron chi connectivity index (χ0n) is 21.0. The fraction of sp³-hybridized carbons (Fsp3) is 0.407. The Hall–Kier alpha value is -2.93. The molecule has 1 amide bonds. The number of nitriles is 1. The second-order valence-electron chi connectivity index (χ2n) is 8.98. The van der Waals surface area contributed by atoms with Crippen LogP contribution in [0.15, 0.2) is 40.0 Å². The summed E-state index contributed by atoms with van der Waals surface area (Å²) in [5.41, 5.74) is 2.51. The van der Waals surface area contributed by atoms with E-state index in [4.69, 9.17) is 12.2 Å². The number of aromatic nitrogens is 1. The highest BCUT2D eigenvalue weighted by atomic mass is 32.2. The van der Waals surface area contributed by atoms with Crippen molar-refractivity contribution in [1.82, 2.24) is 14.4 Å². The Morgan fingerprint density at radius 3 is 2.39 bits per heavy atom. The normalized spacial score (nSPS) is 17.8. The van der Waals surface area contributed by atoms with E-state index in [0.717, 1.165) is 50.5 Å². The Labute approximate surface area is 222 Å². The number of pyridine rings is 1. The van der Waals surface area contributed by atoms with Crippen LogP contribution in [0.2, 0.25) is 0 Å². The van der Waals surface area contributed by atoms with Gasteiger partial charge in [-0.1, -0.05) is 61.2 Å². The quantitative estimate of drug-likeness (QED) is 0.403. The number of piperazine rings is 1. The van der Waals surface area contributed by atoms with E-state index in [-0.39, 0.29) is 17.0 Å². The van der Waals surface area contributed by atoms with Gasteiger partial charge in [0.2, 0.25) is 0 Å². The predicted octanol–water partition coefficient (Wildman–Crippen LogP) is 3.98. The molecule has 3 heterocycles. The average molecular weight is 522 g/mol. The molecule has 0 spiro atoms. The summed E-state index contributed by atoms with van der Waals surface area (Å²) in [5.74, 6) is 0.664. The summed E-state index contributed by atoms with van der Waals surface area (Å²) >= 11 is 6.68. The van der Waals surface area contributed by atoms with Crippen molar-refractivity contribution in [3.8, 4) is 6.07 Å². The number of amides is 1. The van der Waals surface area contributed by atoms with E-state index in [0.29, 0.717) is 27.9 Å². The molecule has 1 aromatic heterocycles. The standard InChI is InChI=1S/C27H31N5O2S2/c1-4-11-32-24(30-14-12-29(13-15-30)18-20-9-7-6-8-10-20)21(19(3)22(17-28)25(32)33)16-23-26(34)31(5-2)27(35)36-23/h6-10,16H,4-5,11-15,18H2,1-3H3. The minimum atomic E-state index is -0.267. The highest BCUT2D eigenvalue weighted by Crippen LogP contribution is 2.36. The van der Waals surface area contributed by atoms with Crippen molar-refractivity contribution in [3.05, 3.63) is 67.8 Å². The van der Waals surface area contributed by atoms with Crippen LogP contribution in [0.1, 0.15) is 42.5 Å². The molecule has 4 rings (SSSR count). The van der Waals surface area contributed by atoms with E-state index in [1.807, 2.05) is 26.0 Å². The van der Waals surface area contributed by atoms with Crippen LogP contribution in [0.25, 0.3) is 6.08 Å². The van der Waals surface area contributed by atoms with Crippen molar-refractivity contribution in [2.24, 2.45) is 0 Å². The molecule has 2 fully saturated rings. The Morgan fingerprint density at radius 1 is 1.11 bits per heavy atom. The molecular formula is C27H31N5O2S2. The Morgan fingerprint density at radius 2 is 1.81 bits per heavy atom. The maximum Gasteiger partial charge on any atom is 0.270 e. The second-order valence-corrected chi connectivity index (χ2v) is 10.7. The van der Waals surface area contributed by atoms with Crippen molar-refractivity contribution >= 4 is 46.1 Å². The van der Waals surface area contributed by atoms with Crippen molar-refractivity contribution < 1.29 is 4.79 Å². The molecule has 0 bridgehead atoms. The molecule has 36 heavy (non-hydrogen) atoms. The van der Waals surface area contributed by atoms with Crippen LogP contribution in [0.3, 0.4) is 0 Å². The minimum Gasteiger partial charge on any atom is -0.355 e. The Bertz CT molecular complexity index is 1290. The third-order valence-electron chi connectivity index (χ3n) is 6.68. The lowest BCUT2D eigenvalue weighted by atomic mass is 10.0. The van der Waals surface area contributed by atoms with Crippen LogP contribution < -0.4 is 10.5 Å². The van der Waals surface area contributed by atoms with Crippen molar-refractivity contribution in [2.45, 2.75) is 40.3 Å². The van der Waals surface area contributed by atoms with Crippen molar-refractivity contribution in [3.63, 3.8) is 0 Å². The van der Waals surface area contributed by atoms with Gasteiger partial charge in [0.05, 0.1) is 4.91 Å². The van der Waals surface area contributed by atoms with Gasteiger partial charge in [0.15, 0.2) is 0 Å². The molecule has 1 aromatic carbocycles. The number of carbonyl (C=O) groups is 1. The number of thiocarbonyl (C=S) groups is 1. The summed E-state index contributed by atoms with van der Waals surface area (Å²) in [7, 11) is 0. The van der Waals surface area contributed by atoms with Gasteiger partial charge in [0, 0.05) is 51.4 Å². The monoisotopic (exact) mass is 521 g/mol. The molecule has 9 heteroatoms. The molecule has 0 saturated carbocycles. The van der Waals surface area contributed by atoms with Gasteiger partial charge in [-0.05, 0) is 37.5 Å². The average Bonchev–Trinajstić information content (AvgIpc) is 3.15. The first-order valence-electron chi connectivity index (χ1n) is 12.3. The first-order valence-corrected chi connectivity index (χ1v) is 13.6. The van der Waals surface area contributed by atoms with Gasteiger partial charge in [-0.2, -0.15) is 5.26 Å². The van der Waals surface area contributed by atoms with E-state index in [1.165, 1.54) is 17.3 Å². The molecule has 188 valence electrons. The third kappa shape index (κ3) is 5.12. The van der Waals surface area contributed by atoms with Gasteiger partial charge in [0.1, 0.15) is 21.8 Å². The molecule has 2 saturated heterocycles. The fourth-order valence-corrected chi connectivity index (χ4v) is 6.15. The highest BCUT2D eigenvalue weighted by molar-refractivity contribution is 8.26. The summed E-state index contributed by atoms with van der Waals surface area (Å²) in [6.45, 7) is 10.8. The predicted molar refractivity (Wildman–Crippen MR) is 150 cm³/mol. The molecule has 0 atom stereocenters. The smallest absolute Gasteiger partial charge is 0.270 e. The molecular weight excluding hydrogens is 490 g/mol. The number of carbonyl (C=O) groups excluding carboxylic acids is 1. The van der Waals surface area contributed by atoms with Gasteiger partial charge >= 0.3 is 0 Å². The zero-order chi connectivity index (χ0) is 25.8. The van der Waals surface area contributed by atoms with Crippen LogP contribution >= 0.6 is 24.0 Å². The summed E-state index contributed by atoms with van der Waals surface area (Å²) in [6.07, 6.45) is 2.59. The first kappa shape index (κ1) is 26.1. The lowest BCUT2D eigenvalue weighted by Crippen LogP contribution is -2.48. The Kier molecular flexibility index (Phi) is 8.29. The molecule has 0 N–H and O–H groups in total. The van der Waals surface area contributed by atoms with Crippen molar-refractivity contribution in [1.29, 1.82) is 5.26 Å². The number of anilines is 1. The first-order chi connectivity index (χ1) is 17.4. The van der Waals surface area contributed by atoms with Gasteiger partial charge < -0.3 is 4.90 Å². The van der Waals surface area contributed by atoms with Gasteiger partial charge in [-0.3, -0.25) is 24.0 Å². The van der Waals surface area contributed by atoms with Crippen LogP contribution in [-0.4, -0.2) is 57.3 Å². The summed E-state index contributed by atoms with van der Waals surface area (Å²) < 4.78 is 2.26. The molecule has 0 unspecified atom stereocenters. The zero-order valence-corrected chi connectivity index (χ0v) is 22.6. The number of hydrogen-bond donors (Lipinski definition) is 0. The third-order valence-corrected chi connectivity index (χ3v) is 8.06. The lowest BCUT2D eigenvalue weighted by molar-refractivity contribution is -0.121. The largest absolute Gasteiger partial charge is 0.355 e. The topological polar surface area (TPSA) is 72.6 Å². The highest BCUT2D eigenvalue weighted by Gasteiger charge is 2.32. The fourth-order valence-electron chi connectivity index (χ4n) is 4.78. The molecule has 0 radical (unpaired) electrons. The van der Waals surface area contributed by atoms with Crippen LogP contribution in [0.4, 0.5) is 5.82 Å². The van der Waals surface area contributed by atoms with Crippen LogP contribution in [0, 0.1) is 18.3 Å². The molecule has 2 aromatic rings. The summed E-state index contributed by atoms with van der Waals surface area (Å²) in [6, 6.07) is 12.5. The number of likely N-dealkylation sites (N-methyl/N-ethyl adjacent to an activating group) is 1. The lowest BCUT2D eigenvalue weighted by Gasteiger charge is -2.38. The molecule has 0 aliphatic carbocycles. The maximum atomic E-state index is 13.4. The van der Waals surface area contributed by atoms with E-state index in [9.17, 15) is 14.9 Å². The summed E-state index contributed by atoms with van der Waals surface area (Å²) in [4.78, 5) is 33.1. The molecule has 2 aliphatic heterocycles. The number of benzene rings is 1. The van der Waals surface area contributed by atoms with E-state index >= 15 is 0 Å². The number of nitrogens with zero attached hydrogens (tertiary/aromatic N) is 5. The van der Waals surface area contributed by atoms with Crippen molar-refractivity contribution in [2.75, 3.05) is 37.6 Å². The Balaban J connectivity index is 1.74. The van der Waals surface area contributed by atoms with Gasteiger partial charge in [-0.15, -0.1) is 0 Å². The number of thioether (sulfide) groups is 1. The number of rotatable bonds is 7. The van der Waals surface area contributed by atoms with Gasteiger partial charge in [0.25, 0.3) is 11.5 Å². The number of hydrogen-bond acceptors (Lipinski definition) is 7. The SMILES string of the molecule is CCCn1c(N2CCN(Cc3ccccc3)CC2)c(C=C2SC(=S)N(CC)C2=O)c(C)c(C#N)c1=O. The van der Waals surface area contributed by atoms with Gasteiger partial charge in [-0.25, -0.2) is 0 Å². The maximum absolute atomic E-state index is 13.4. The van der Waals surface area contributed by atoms with E-state index < -0.39 is 0 Å². The second kappa shape index (κ2) is 11.4. The van der Waals surface area contributed by atoms with E-state index in [2.05, 4.69) is 40.1 Å². The molecule has 7 nitrogen and oxygen atoms in total. The van der Waals surface area contributed by atoms with Crippen LogP contribution in [0.5, 0.6) is 0 Å². The van der Waals surface area contributed by atoms with Crippen LogP contribution in [-0.2, 0) is 17.9 Å². The minimum absolute atomic E-state index is 0.128. The molecule has 2 aliphatic rings. The summed E-state index contributed by atoms with van der Waals surface area (Å²) in [5, 5.41) is 9.82. The van der Waals surface area contributed by atoms with E-state index in [1.54, 1.807) is 16.4 Å².